The maximum absolute atomic E-state index is 13.4. The highest BCUT2D eigenvalue weighted by Gasteiger charge is 2.44. The number of ether oxygens (including phenoxy) is 1. The number of para-hydroxylation sites is 2. The summed E-state index contributed by atoms with van der Waals surface area (Å²) in [7, 11) is 0. The van der Waals surface area contributed by atoms with Gasteiger partial charge < -0.3 is 30.9 Å². The second-order valence-corrected chi connectivity index (χ2v) is 11.2. The summed E-state index contributed by atoms with van der Waals surface area (Å²) in [5.41, 5.74) is 6.26. The molecule has 0 bridgehead atoms. The molecule has 8 nitrogen and oxygen atoms in total. The van der Waals surface area contributed by atoms with Gasteiger partial charge in [-0.1, -0.05) is 48.9 Å². The van der Waals surface area contributed by atoms with Crippen molar-refractivity contribution in [2.24, 2.45) is 17.6 Å². The van der Waals surface area contributed by atoms with Crippen LogP contribution in [0.1, 0.15) is 63.0 Å². The molecule has 4 atom stereocenters. The van der Waals surface area contributed by atoms with Crippen LogP contribution in [0.5, 0.6) is 11.5 Å². The molecule has 9 heteroatoms. The Morgan fingerprint density at radius 2 is 1.97 bits per heavy atom. The number of hydrogen-bond donors (Lipinski definition) is 4. The predicted molar refractivity (Wildman–Crippen MR) is 151 cm³/mol. The molecule has 1 saturated heterocycles. The van der Waals surface area contributed by atoms with E-state index in [2.05, 4.69) is 5.32 Å². The molecule has 1 heterocycles. The highest BCUT2D eigenvalue weighted by Crippen LogP contribution is 2.47. The maximum Gasteiger partial charge on any atom is 0.404 e. The van der Waals surface area contributed by atoms with Crippen LogP contribution < -0.4 is 15.8 Å². The van der Waals surface area contributed by atoms with Crippen LogP contribution in [-0.4, -0.2) is 52.8 Å². The number of amides is 2. The van der Waals surface area contributed by atoms with Gasteiger partial charge in [-0.3, -0.25) is 4.79 Å². The zero-order valence-electron chi connectivity index (χ0n) is 22.6. The molecular weight excluding hydrogens is 518 g/mol. The first-order valence-electron chi connectivity index (χ1n) is 14.0. The van der Waals surface area contributed by atoms with Crippen molar-refractivity contribution < 1.29 is 24.5 Å². The van der Waals surface area contributed by atoms with Crippen molar-refractivity contribution >= 4 is 23.6 Å². The lowest BCUT2D eigenvalue weighted by atomic mass is 9.73. The van der Waals surface area contributed by atoms with E-state index in [1.807, 2.05) is 42.2 Å². The zero-order valence-corrected chi connectivity index (χ0v) is 23.3. The molecular formula is C30H40ClN3O5. The molecule has 2 fully saturated rings. The molecule has 1 saturated carbocycles. The number of nitrogens with two attached hydrogens (primary N) is 1. The average molecular weight is 558 g/mol. The van der Waals surface area contributed by atoms with Gasteiger partial charge in [0.1, 0.15) is 5.75 Å². The van der Waals surface area contributed by atoms with E-state index in [-0.39, 0.29) is 36.8 Å². The van der Waals surface area contributed by atoms with E-state index in [4.69, 9.17) is 27.2 Å². The Morgan fingerprint density at radius 1 is 1.18 bits per heavy atom. The number of benzene rings is 2. The SMILES string of the molecule is CCc1ccccc1Oc1c(Cl)cccc1C(O)(CCCNC(=O)O)C1CCCN(C(=O)C2CCC(N)C2)C1. The predicted octanol–water partition coefficient (Wildman–Crippen LogP) is 5.30. The normalized spacial score (nSPS) is 22.8. The van der Waals surface area contributed by atoms with Gasteiger partial charge in [0.2, 0.25) is 5.91 Å². The van der Waals surface area contributed by atoms with E-state index >= 15 is 0 Å². The number of hydrogen-bond acceptors (Lipinski definition) is 5. The average Bonchev–Trinajstić information content (AvgIpc) is 3.38. The third-order valence-corrected chi connectivity index (χ3v) is 8.54. The number of aliphatic hydroxyl groups is 1. The van der Waals surface area contributed by atoms with E-state index in [0.717, 1.165) is 31.2 Å². The second-order valence-electron chi connectivity index (χ2n) is 10.8. The minimum Gasteiger partial charge on any atom is -0.465 e. The summed E-state index contributed by atoms with van der Waals surface area (Å²) >= 11 is 6.70. The lowest BCUT2D eigenvalue weighted by Crippen LogP contribution is -2.49. The number of nitrogens with one attached hydrogen (secondary N) is 1. The Labute approximate surface area is 235 Å². The van der Waals surface area contributed by atoms with E-state index in [1.54, 1.807) is 12.1 Å². The Bertz CT molecular complexity index is 1160. The van der Waals surface area contributed by atoms with Gasteiger partial charge in [-0.25, -0.2) is 4.79 Å². The fourth-order valence-corrected chi connectivity index (χ4v) is 6.35. The molecule has 39 heavy (non-hydrogen) atoms. The Hall–Kier alpha value is -2.81. The number of carboxylic acid groups (broad SMARTS) is 1. The van der Waals surface area contributed by atoms with Gasteiger partial charge in [0.05, 0.1) is 10.6 Å². The third kappa shape index (κ3) is 6.86. The fraction of sp³-hybridized carbons (Fsp3) is 0.533. The minimum absolute atomic E-state index is 0.0652. The Balaban J connectivity index is 1.67. The van der Waals surface area contributed by atoms with Crippen molar-refractivity contribution in [2.75, 3.05) is 19.6 Å². The van der Waals surface area contributed by atoms with Crippen molar-refractivity contribution in [1.82, 2.24) is 10.2 Å². The second kappa shape index (κ2) is 13.0. The Morgan fingerprint density at radius 3 is 2.69 bits per heavy atom. The molecule has 2 aromatic rings. The van der Waals surface area contributed by atoms with Crippen LogP contribution in [-0.2, 0) is 16.8 Å². The zero-order chi connectivity index (χ0) is 28.0. The van der Waals surface area contributed by atoms with Gasteiger partial charge in [-0.2, -0.15) is 0 Å². The molecule has 2 amide bonds. The molecule has 4 unspecified atom stereocenters. The monoisotopic (exact) mass is 557 g/mol. The fourth-order valence-electron chi connectivity index (χ4n) is 6.14. The summed E-state index contributed by atoms with van der Waals surface area (Å²) in [5.74, 6) is 0.822. The van der Waals surface area contributed by atoms with Gasteiger partial charge in [-0.15, -0.1) is 0 Å². The molecule has 0 spiro atoms. The standard InChI is InChI=1S/C30H40ClN3O5/c1-2-20-8-3-4-12-26(20)39-27-24(10-5-11-25(27)31)30(38,15-7-16-33-29(36)37)22-9-6-17-34(19-22)28(35)21-13-14-23(32)18-21/h3-5,8,10-12,21-23,33,38H,2,6-7,9,13-19,32H2,1H3,(H,36,37). The largest absolute Gasteiger partial charge is 0.465 e. The van der Waals surface area contributed by atoms with Gasteiger partial charge in [0, 0.05) is 43.1 Å². The topological polar surface area (TPSA) is 125 Å². The summed E-state index contributed by atoms with van der Waals surface area (Å²) < 4.78 is 6.42. The third-order valence-electron chi connectivity index (χ3n) is 8.24. The molecule has 2 aliphatic rings. The summed E-state index contributed by atoms with van der Waals surface area (Å²) in [4.78, 5) is 26.3. The van der Waals surface area contributed by atoms with Crippen LogP contribution in [0.2, 0.25) is 5.02 Å². The summed E-state index contributed by atoms with van der Waals surface area (Å²) in [6.45, 7) is 3.31. The Kier molecular flexibility index (Phi) is 9.75. The quantitative estimate of drug-likeness (QED) is 0.294. The van der Waals surface area contributed by atoms with Crippen molar-refractivity contribution in [3.8, 4) is 11.5 Å². The van der Waals surface area contributed by atoms with Crippen molar-refractivity contribution in [1.29, 1.82) is 0 Å². The lowest BCUT2D eigenvalue weighted by Gasteiger charge is -2.44. The van der Waals surface area contributed by atoms with Gasteiger partial charge in [0.15, 0.2) is 5.75 Å². The molecule has 5 N–H and O–H groups in total. The number of carbonyl (C=O) groups is 2. The maximum atomic E-state index is 13.4. The number of piperidine rings is 1. The molecule has 0 aromatic heterocycles. The van der Waals surface area contributed by atoms with Crippen LogP contribution in [0.25, 0.3) is 0 Å². The van der Waals surface area contributed by atoms with Crippen LogP contribution in [0.3, 0.4) is 0 Å². The number of rotatable bonds is 10. The highest BCUT2D eigenvalue weighted by atomic mass is 35.5. The molecule has 0 radical (unpaired) electrons. The van der Waals surface area contributed by atoms with Crippen molar-refractivity contribution in [3.05, 3.63) is 58.6 Å². The summed E-state index contributed by atoms with van der Waals surface area (Å²) in [6.07, 6.45) is 4.19. The first-order valence-corrected chi connectivity index (χ1v) is 14.4. The van der Waals surface area contributed by atoms with Crippen LogP contribution in [0, 0.1) is 11.8 Å². The van der Waals surface area contributed by atoms with Crippen molar-refractivity contribution in [3.63, 3.8) is 0 Å². The molecule has 1 aliphatic heterocycles. The van der Waals surface area contributed by atoms with E-state index in [0.29, 0.717) is 54.4 Å². The first kappa shape index (κ1) is 29.2. The number of likely N-dealkylation sites (tertiary alicyclic amines) is 1. The smallest absolute Gasteiger partial charge is 0.404 e. The number of halogens is 1. The molecule has 4 rings (SSSR count). The molecule has 1 aliphatic carbocycles. The van der Waals surface area contributed by atoms with Crippen LogP contribution in [0.4, 0.5) is 4.79 Å². The lowest BCUT2D eigenvalue weighted by molar-refractivity contribution is -0.141. The minimum atomic E-state index is -1.40. The molecule has 212 valence electrons. The van der Waals surface area contributed by atoms with Gasteiger partial charge >= 0.3 is 6.09 Å². The summed E-state index contributed by atoms with van der Waals surface area (Å²) in [6, 6.07) is 13.2. The van der Waals surface area contributed by atoms with E-state index < -0.39 is 11.7 Å². The van der Waals surface area contributed by atoms with E-state index in [1.165, 1.54) is 0 Å². The number of aryl methyl sites for hydroxylation is 1. The van der Waals surface area contributed by atoms with Crippen LogP contribution in [0.15, 0.2) is 42.5 Å². The van der Waals surface area contributed by atoms with Crippen LogP contribution >= 0.6 is 11.6 Å². The highest BCUT2D eigenvalue weighted by molar-refractivity contribution is 6.32. The first-order chi connectivity index (χ1) is 18.7. The van der Waals surface area contributed by atoms with Gasteiger partial charge in [-0.05, 0) is 69.1 Å². The summed E-state index contributed by atoms with van der Waals surface area (Å²) in [5, 5.41) is 24.3. The number of nitrogens with zero attached hydrogens (tertiary/aromatic N) is 1. The molecule has 2 aromatic carbocycles. The number of carbonyl (C=O) groups excluding carboxylic acids is 1. The van der Waals surface area contributed by atoms with E-state index in [9.17, 15) is 14.7 Å². The van der Waals surface area contributed by atoms with Gasteiger partial charge in [0.25, 0.3) is 0 Å². The van der Waals surface area contributed by atoms with Crippen molar-refractivity contribution in [2.45, 2.75) is 69.9 Å².